The number of allylic oxidation sites excluding steroid dienone is 3. The molecule has 2 N–H and O–H groups in total. The van der Waals surface area contributed by atoms with Crippen LogP contribution in [-0.4, -0.2) is 12.8 Å². The van der Waals surface area contributed by atoms with Crippen LogP contribution < -0.4 is 5.73 Å². The molecule has 0 heterocycles. The molecule has 3 unspecified atom stereocenters. The summed E-state index contributed by atoms with van der Waals surface area (Å²) < 4.78 is 0. The second kappa shape index (κ2) is 13.2. The van der Waals surface area contributed by atoms with Gasteiger partial charge in [-0.2, -0.15) is 0 Å². The van der Waals surface area contributed by atoms with E-state index in [0.29, 0.717) is 11.8 Å². The Bertz CT molecular complexity index is 364. The maximum absolute atomic E-state index is 5.68. The van der Waals surface area contributed by atoms with Gasteiger partial charge in [0.25, 0.3) is 0 Å². The van der Waals surface area contributed by atoms with Gasteiger partial charge in [0, 0.05) is 5.70 Å². The summed E-state index contributed by atoms with van der Waals surface area (Å²) in [4.78, 5) is 4.38. The van der Waals surface area contributed by atoms with Gasteiger partial charge in [0.05, 0.1) is 6.04 Å². The fourth-order valence-corrected chi connectivity index (χ4v) is 2.90. The molecule has 0 aromatic rings. The van der Waals surface area contributed by atoms with Crippen LogP contribution in [0.25, 0.3) is 0 Å². The fraction of sp³-hybridized carbons (Fsp3) is 0.667. The third kappa shape index (κ3) is 11.0. The zero-order valence-corrected chi connectivity index (χ0v) is 15.6. The highest BCUT2D eigenvalue weighted by Gasteiger charge is 2.18. The van der Waals surface area contributed by atoms with E-state index in [1.165, 1.54) is 12.8 Å². The van der Waals surface area contributed by atoms with Gasteiger partial charge < -0.3 is 5.73 Å². The van der Waals surface area contributed by atoms with Crippen molar-refractivity contribution in [3.05, 3.63) is 37.1 Å². The van der Waals surface area contributed by atoms with Crippen LogP contribution in [0.1, 0.15) is 65.7 Å². The molecule has 2 nitrogen and oxygen atoms in total. The van der Waals surface area contributed by atoms with Gasteiger partial charge in [-0.3, -0.25) is 4.99 Å². The van der Waals surface area contributed by atoms with Crippen molar-refractivity contribution in [2.45, 2.75) is 71.8 Å². The average Bonchev–Trinajstić information content (AvgIpc) is 2.51. The standard InChI is InChI=1S/C21H38N2/c1-7-19(14-13-17(3)4)15-16-21(23-6)20(8-2)12-10-9-11-18(5)22/h7-8,11,17,19-21H,1-2,6,9-10,12-16,22H2,3-5H3/b18-11+. The van der Waals surface area contributed by atoms with Gasteiger partial charge in [-0.05, 0) is 69.9 Å². The van der Waals surface area contributed by atoms with Crippen LogP contribution in [-0.2, 0) is 0 Å². The summed E-state index contributed by atoms with van der Waals surface area (Å²) in [7, 11) is 0. The molecule has 0 aromatic heterocycles. The molecule has 0 aliphatic heterocycles. The number of nitrogens with zero attached hydrogens (tertiary/aromatic N) is 1. The maximum Gasteiger partial charge on any atom is 0.0555 e. The predicted octanol–water partition coefficient (Wildman–Crippen LogP) is 5.91. The lowest BCUT2D eigenvalue weighted by molar-refractivity contribution is 0.387. The van der Waals surface area contributed by atoms with E-state index in [4.69, 9.17) is 5.73 Å². The lowest BCUT2D eigenvalue weighted by Crippen LogP contribution is -2.18. The molecule has 2 heteroatoms. The van der Waals surface area contributed by atoms with Crippen molar-refractivity contribution in [2.75, 3.05) is 0 Å². The smallest absolute Gasteiger partial charge is 0.0555 e. The SMILES string of the molecule is C=CC(CCC(C)C)CCC(N=C)C(C=C)CCC/C=C(\C)N. The molecular weight excluding hydrogens is 280 g/mol. The van der Waals surface area contributed by atoms with E-state index in [-0.39, 0.29) is 6.04 Å². The lowest BCUT2D eigenvalue weighted by Gasteiger charge is -2.23. The van der Waals surface area contributed by atoms with Gasteiger partial charge in [0.2, 0.25) is 0 Å². The Labute approximate surface area is 144 Å². The second-order valence-electron chi connectivity index (χ2n) is 7.07. The summed E-state index contributed by atoms with van der Waals surface area (Å²) in [6.07, 6.45) is 14.2. The molecule has 3 atom stereocenters. The molecule has 0 saturated heterocycles. The van der Waals surface area contributed by atoms with Crippen molar-refractivity contribution in [2.24, 2.45) is 28.5 Å². The van der Waals surface area contributed by atoms with Crippen LogP contribution in [0.3, 0.4) is 0 Å². The lowest BCUT2D eigenvalue weighted by atomic mass is 9.87. The van der Waals surface area contributed by atoms with Gasteiger partial charge in [0.15, 0.2) is 0 Å². The molecule has 0 bridgehead atoms. The Kier molecular flexibility index (Phi) is 12.4. The minimum atomic E-state index is 0.275. The van der Waals surface area contributed by atoms with Crippen molar-refractivity contribution in [1.29, 1.82) is 0 Å². The van der Waals surface area contributed by atoms with E-state index >= 15 is 0 Å². The first-order valence-electron chi connectivity index (χ1n) is 9.07. The Morgan fingerprint density at radius 2 is 1.70 bits per heavy atom. The third-order valence-corrected chi connectivity index (χ3v) is 4.52. The van der Waals surface area contributed by atoms with Crippen LogP contribution in [0.2, 0.25) is 0 Å². The summed E-state index contributed by atoms with van der Waals surface area (Å²) >= 11 is 0. The first-order chi connectivity index (χ1) is 10.9. The monoisotopic (exact) mass is 318 g/mol. The Hall–Kier alpha value is -1.31. The van der Waals surface area contributed by atoms with E-state index in [1.54, 1.807) is 0 Å². The van der Waals surface area contributed by atoms with Crippen molar-refractivity contribution in [3.8, 4) is 0 Å². The van der Waals surface area contributed by atoms with E-state index in [1.807, 2.05) is 6.92 Å². The number of unbranched alkanes of at least 4 members (excludes halogenated alkanes) is 1. The molecule has 0 aromatic carbocycles. The van der Waals surface area contributed by atoms with E-state index in [9.17, 15) is 0 Å². The number of hydrogen-bond acceptors (Lipinski definition) is 2. The minimum absolute atomic E-state index is 0.275. The zero-order valence-electron chi connectivity index (χ0n) is 15.6. The molecule has 0 saturated carbocycles. The highest BCUT2D eigenvalue weighted by Crippen LogP contribution is 2.25. The summed E-state index contributed by atoms with van der Waals surface area (Å²) in [6.45, 7) is 18.3. The number of hydrogen-bond donors (Lipinski definition) is 1. The normalized spacial score (nSPS) is 15.9. The first kappa shape index (κ1) is 21.7. The molecule has 0 amide bonds. The molecule has 0 fully saturated rings. The summed E-state index contributed by atoms with van der Waals surface area (Å²) in [5.41, 5.74) is 6.58. The van der Waals surface area contributed by atoms with Crippen LogP contribution in [0.15, 0.2) is 42.1 Å². The summed E-state index contributed by atoms with van der Waals surface area (Å²) in [6, 6.07) is 0.275. The van der Waals surface area contributed by atoms with E-state index in [0.717, 1.165) is 43.7 Å². The fourth-order valence-electron chi connectivity index (χ4n) is 2.90. The van der Waals surface area contributed by atoms with Gasteiger partial charge in [0.1, 0.15) is 0 Å². The average molecular weight is 319 g/mol. The topological polar surface area (TPSA) is 38.4 Å². The third-order valence-electron chi connectivity index (χ3n) is 4.52. The summed E-state index contributed by atoms with van der Waals surface area (Å²) in [5.74, 6) is 1.76. The number of aliphatic imine (C=N–C) groups is 1. The van der Waals surface area contributed by atoms with Crippen LogP contribution >= 0.6 is 0 Å². The highest BCUT2D eigenvalue weighted by atomic mass is 14.8. The zero-order chi connectivity index (χ0) is 17.7. The van der Waals surface area contributed by atoms with E-state index < -0.39 is 0 Å². The van der Waals surface area contributed by atoms with Gasteiger partial charge in [-0.25, -0.2) is 0 Å². The Balaban J connectivity index is 4.35. The first-order valence-corrected chi connectivity index (χ1v) is 9.07. The Morgan fingerprint density at radius 1 is 1.04 bits per heavy atom. The molecule has 23 heavy (non-hydrogen) atoms. The molecule has 0 aliphatic carbocycles. The molecule has 132 valence electrons. The summed E-state index contributed by atoms with van der Waals surface area (Å²) in [5, 5.41) is 0. The predicted molar refractivity (Wildman–Crippen MR) is 106 cm³/mol. The van der Waals surface area contributed by atoms with E-state index in [2.05, 4.69) is 56.9 Å². The van der Waals surface area contributed by atoms with Crippen LogP contribution in [0.5, 0.6) is 0 Å². The molecule has 0 aliphatic rings. The van der Waals surface area contributed by atoms with Crippen LogP contribution in [0, 0.1) is 17.8 Å². The molecular formula is C21H38N2. The van der Waals surface area contributed by atoms with Crippen molar-refractivity contribution in [3.63, 3.8) is 0 Å². The Morgan fingerprint density at radius 3 is 2.17 bits per heavy atom. The maximum atomic E-state index is 5.68. The van der Waals surface area contributed by atoms with Crippen molar-refractivity contribution in [1.82, 2.24) is 0 Å². The van der Waals surface area contributed by atoms with Crippen molar-refractivity contribution < 1.29 is 0 Å². The quantitative estimate of drug-likeness (QED) is 0.241. The van der Waals surface area contributed by atoms with Crippen LogP contribution in [0.4, 0.5) is 0 Å². The molecule has 0 radical (unpaired) electrons. The largest absolute Gasteiger partial charge is 0.403 e. The second-order valence-corrected chi connectivity index (χ2v) is 7.07. The van der Waals surface area contributed by atoms with Gasteiger partial charge in [-0.1, -0.05) is 38.5 Å². The minimum Gasteiger partial charge on any atom is -0.403 e. The van der Waals surface area contributed by atoms with Crippen molar-refractivity contribution >= 4 is 6.72 Å². The molecule has 0 rings (SSSR count). The van der Waals surface area contributed by atoms with Gasteiger partial charge >= 0.3 is 0 Å². The highest BCUT2D eigenvalue weighted by molar-refractivity contribution is 5.24. The molecule has 0 spiro atoms. The van der Waals surface area contributed by atoms with Gasteiger partial charge in [-0.15, -0.1) is 13.2 Å². The number of rotatable bonds is 14. The number of nitrogens with two attached hydrogens (primary N) is 1.